The van der Waals surface area contributed by atoms with E-state index in [0.717, 1.165) is 36.8 Å². The molecule has 1 heterocycles. The molecule has 1 aromatic rings. The van der Waals surface area contributed by atoms with E-state index in [1.54, 1.807) is 12.1 Å². The second-order valence-corrected chi connectivity index (χ2v) is 7.73. The van der Waals surface area contributed by atoms with Crippen molar-refractivity contribution >= 4 is 26.0 Å². The number of benzene rings is 1. The van der Waals surface area contributed by atoms with E-state index in [2.05, 4.69) is 32.6 Å². The van der Waals surface area contributed by atoms with Crippen molar-refractivity contribution in [1.29, 1.82) is 0 Å². The Balaban J connectivity index is 1.96. The first-order chi connectivity index (χ1) is 9.51. The Labute approximate surface area is 129 Å². The highest BCUT2D eigenvalue weighted by atomic mass is 79.9. The molecule has 1 fully saturated rings. The second kappa shape index (κ2) is 7.02. The van der Waals surface area contributed by atoms with Gasteiger partial charge in [-0.05, 0) is 50.0 Å². The molecule has 0 bridgehead atoms. The molecule has 1 unspecified atom stereocenters. The molecule has 0 aromatic heterocycles. The monoisotopic (exact) mass is 360 g/mol. The number of halogens is 1. The van der Waals surface area contributed by atoms with Crippen LogP contribution in [0.1, 0.15) is 18.4 Å². The van der Waals surface area contributed by atoms with E-state index in [9.17, 15) is 8.42 Å². The highest BCUT2D eigenvalue weighted by molar-refractivity contribution is 9.08. The molecule has 0 saturated carbocycles. The summed E-state index contributed by atoms with van der Waals surface area (Å²) >= 11 is 3.35. The van der Waals surface area contributed by atoms with Crippen molar-refractivity contribution in [3.05, 3.63) is 29.8 Å². The summed E-state index contributed by atoms with van der Waals surface area (Å²) in [5.41, 5.74) is 1.07. The van der Waals surface area contributed by atoms with Crippen molar-refractivity contribution in [3.63, 3.8) is 0 Å². The Kier molecular flexibility index (Phi) is 5.60. The van der Waals surface area contributed by atoms with Crippen LogP contribution in [0, 0.1) is 5.92 Å². The van der Waals surface area contributed by atoms with Crippen molar-refractivity contribution in [2.75, 3.05) is 26.7 Å². The van der Waals surface area contributed by atoms with E-state index >= 15 is 0 Å². The van der Waals surface area contributed by atoms with E-state index in [1.165, 1.54) is 0 Å². The van der Waals surface area contributed by atoms with Crippen LogP contribution in [-0.4, -0.2) is 40.0 Å². The summed E-state index contributed by atoms with van der Waals surface area (Å²) in [5.74, 6) is 0.408. The third-order valence-electron chi connectivity index (χ3n) is 3.67. The predicted octanol–water partition coefficient (Wildman–Crippen LogP) is 2.20. The Morgan fingerprint density at radius 3 is 2.65 bits per heavy atom. The average molecular weight is 361 g/mol. The lowest BCUT2D eigenvalue weighted by Crippen LogP contribution is -2.39. The van der Waals surface area contributed by atoms with Crippen LogP contribution in [0.25, 0.3) is 0 Å². The standard InChI is InChI=1S/C14H21BrN2O2S/c1-17-8-2-3-13(11-17)10-16-20(18,19)14-6-4-12(9-15)5-7-14/h4-7,13,16H,2-3,8-11H2,1H3. The Morgan fingerprint density at radius 2 is 2.05 bits per heavy atom. The first-order valence-corrected chi connectivity index (χ1v) is 9.45. The summed E-state index contributed by atoms with van der Waals surface area (Å²) in [6.07, 6.45) is 2.23. The number of likely N-dealkylation sites (tertiary alicyclic amines) is 1. The molecule has 1 aromatic carbocycles. The molecule has 1 aliphatic heterocycles. The zero-order valence-corrected chi connectivity index (χ0v) is 14.1. The van der Waals surface area contributed by atoms with Crippen molar-refractivity contribution in [2.24, 2.45) is 5.92 Å². The first kappa shape index (κ1) is 15.9. The van der Waals surface area contributed by atoms with E-state index in [-0.39, 0.29) is 0 Å². The molecule has 20 heavy (non-hydrogen) atoms. The minimum atomic E-state index is -3.39. The lowest BCUT2D eigenvalue weighted by atomic mass is 9.99. The topological polar surface area (TPSA) is 49.4 Å². The summed E-state index contributed by atoms with van der Waals surface area (Å²) in [5, 5.41) is 0.731. The minimum absolute atomic E-state index is 0.339. The van der Waals surface area contributed by atoms with Gasteiger partial charge in [0.05, 0.1) is 4.90 Å². The maximum absolute atomic E-state index is 12.2. The third kappa shape index (κ3) is 4.28. The summed E-state index contributed by atoms with van der Waals surface area (Å²) < 4.78 is 27.2. The molecule has 2 rings (SSSR count). The van der Waals surface area contributed by atoms with Gasteiger partial charge >= 0.3 is 0 Å². The van der Waals surface area contributed by atoms with Gasteiger partial charge in [0, 0.05) is 18.4 Å². The van der Waals surface area contributed by atoms with Gasteiger partial charge in [-0.2, -0.15) is 0 Å². The summed E-state index contributed by atoms with van der Waals surface area (Å²) in [6.45, 7) is 2.59. The molecule has 1 N–H and O–H groups in total. The van der Waals surface area contributed by atoms with Crippen LogP contribution in [0.2, 0.25) is 0 Å². The average Bonchev–Trinajstić information content (AvgIpc) is 2.45. The summed E-state index contributed by atoms with van der Waals surface area (Å²) in [7, 11) is -1.30. The number of piperidine rings is 1. The van der Waals surface area contributed by atoms with Crippen LogP contribution in [0.4, 0.5) is 0 Å². The number of hydrogen-bond acceptors (Lipinski definition) is 3. The normalized spacial score (nSPS) is 21.0. The van der Waals surface area contributed by atoms with Gasteiger partial charge in [0.15, 0.2) is 0 Å². The molecule has 112 valence electrons. The maximum Gasteiger partial charge on any atom is 0.240 e. The van der Waals surface area contributed by atoms with Crippen molar-refractivity contribution in [2.45, 2.75) is 23.1 Å². The molecule has 4 nitrogen and oxygen atoms in total. The van der Waals surface area contributed by atoms with Crippen LogP contribution in [-0.2, 0) is 15.4 Å². The van der Waals surface area contributed by atoms with Gasteiger partial charge in [0.25, 0.3) is 0 Å². The van der Waals surface area contributed by atoms with Gasteiger partial charge in [0.2, 0.25) is 10.0 Å². The van der Waals surface area contributed by atoms with E-state index < -0.39 is 10.0 Å². The molecule has 0 spiro atoms. The van der Waals surface area contributed by atoms with Gasteiger partial charge in [0.1, 0.15) is 0 Å². The fraction of sp³-hybridized carbons (Fsp3) is 0.571. The van der Waals surface area contributed by atoms with Crippen molar-refractivity contribution in [3.8, 4) is 0 Å². The quantitative estimate of drug-likeness (QED) is 0.818. The van der Waals surface area contributed by atoms with Crippen molar-refractivity contribution in [1.82, 2.24) is 9.62 Å². The lowest BCUT2D eigenvalue weighted by Gasteiger charge is -2.29. The molecular formula is C14H21BrN2O2S. The molecule has 0 aliphatic carbocycles. The number of hydrogen-bond donors (Lipinski definition) is 1. The number of alkyl halides is 1. The predicted molar refractivity (Wildman–Crippen MR) is 84.5 cm³/mol. The maximum atomic E-state index is 12.2. The van der Waals surface area contributed by atoms with Crippen molar-refractivity contribution < 1.29 is 8.42 Å². The molecule has 1 atom stereocenters. The largest absolute Gasteiger partial charge is 0.306 e. The number of nitrogens with one attached hydrogen (secondary N) is 1. The molecular weight excluding hydrogens is 340 g/mol. The first-order valence-electron chi connectivity index (χ1n) is 6.84. The smallest absolute Gasteiger partial charge is 0.240 e. The van der Waals surface area contributed by atoms with Crippen LogP contribution >= 0.6 is 15.9 Å². The van der Waals surface area contributed by atoms with Crippen LogP contribution < -0.4 is 4.72 Å². The SMILES string of the molecule is CN1CCCC(CNS(=O)(=O)c2ccc(CBr)cc2)C1. The van der Waals surface area contributed by atoms with Gasteiger partial charge in [-0.25, -0.2) is 13.1 Å². The summed E-state index contributed by atoms with van der Waals surface area (Å²) in [6, 6.07) is 6.98. The molecule has 1 saturated heterocycles. The minimum Gasteiger partial charge on any atom is -0.306 e. The summed E-state index contributed by atoms with van der Waals surface area (Å²) in [4.78, 5) is 2.60. The van der Waals surface area contributed by atoms with E-state index in [1.807, 2.05) is 12.1 Å². The van der Waals surface area contributed by atoms with Gasteiger partial charge in [-0.1, -0.05) is 28.1 Å². The zero-order valence-electron chi connectivity index (χ0n) is 11.7. The van der Waals surface area contributed by atoms with Crippen LogP contribution in [0.5, 0.6) is 0 Å². The van der Waals surface area contributed by atoms with Gasteiger partial charge in [-0.3, -0.25) is 0 Å². The Morgan fingerprint density at radius 1 is 1.35 bits per heavy atom. The van der Waals surface area contributed by atoms with E-state index in [0.29, 0.717) is 17.4 Å². The fourth-order valence-electron chi connectivity index (χ4n) is 2.51. The molecule has 1 aliphatic rings. The molecule has 0 amide bonds. The Hall–Kier alpha value is -0.430. The highest BCUT2D eigenvalue weighted by Gasteiger charge is 2.20. The lowest BCUT2D eigenvalue weighted by molar-refractivity contribution is 0.211. The third-order valence-corrected chi connectivity index (χ3v) is 5.76. The van der Waals surface area contributed by atoms with Gasteiger partial charge in [-0.15, -0.1) is 0 Å². The van der Waals surface area contributed by atoms with Crippen LogP contribution in [0.15, 0.2) is 29.2 Å². The Bertz CT molecular complexity index is 531. The highest BCUT2D eigenvalue weighted by Crippen LogP contribution is 2.16. The fourth-order valence-corrected chi connectivity index (χ4v) is 4.00. The van der Waals surface area contributed by atoms with E-state index in [4.69, 9.17) is 0 Å². The number of sulfonamides is 1. The zero-order chi connectivity index (χ0) is 14.6. The number of rotatable bonds is 5. The molecule has 6 heteroatoms. The molecule has 0 radical (unpaired) electrons. The number of nitrogens with zero attached hydrogens (tertiary/aromatic N) is 1. The van der Waals surface area contributed by atoms with Crippen LogP contribution in [0.3, 0.4) is 0 Å². The van der Waals surface area contributed by atoms with Gasteiger partial charge < -0.3 is 4.90 Å². The second-order valence-electron chi connectivity index (χ2n) is 5.40.